The Morgan fingerprint density at radius 1 is 1.13 bits per heavy atom. The van der Waals surface area contributed by atoms with E-state index in [1.54, 1.807) is 12.1 Å². The molecule has 30 heavy (non-hydrogen) atoms. The highest BCUT2D eigenvalue weighted by Gasteiger charge is 2.32. The Balaban J connectivity index is 1.93. The molecule has 156 valence electrons. The van der Waals surface area contributed by atoms with Crippen molar-refractivity contribution < 1.29 is 17.5 Å². The summed E-state index contributed by atoms with van der Waals surface area (Å²) in [6.45, 7) is 0. The van der Waals surface area contributed by atoms with Gasteiger partial charge in [-0.1, -0.05) is 0 Å². The number of ether oxygens (including phenoxy) is 1. The molecule has 8 nitrogen and oxygen atoms in total. The van der Waals surface area contributed by atoms with Gasteiger partial charge in [0.05, 0.1) is 23.2 Å². The van der Waals surface area contributed by atoms with Crippen molar-refractivity contribution in [2.45, 2.75) is 17.7 Å². The first kappa shape index (κ1) is 19.9. The molecule has 0 bridgehead atoms. The van der Waals surface area contributed by atoms with Crippen molar-refractivity contribution in [2.75, 3.05) is 7.11 Å². The zero-order chi connectivity index (χ0) is 21.5. The van der Waals surface area contributed by atoms with Crippen LogP contribution in [0.25, 0.3) is 10.9 Å². The Kier molecular flexibility index (Phi) is 4.94. The van der Waals surface area contributed by atoms with Gasteiger partial charge in [-0.25, -0.2) is 16.8 Å². The molecule has 2 aromatic carbocycles. The Morgan fingerprint density at radius 2 is 1.83 bits per heavy atom. The van der Waals surface area contributed by atoms with Crippen LogP contribution in [0.3, 0.4) is 0 Å². The number of benzene rings is 2. The van der Waals surface area contributed by atoms with Gasteiger partial charge in [0.1, 0.15) is 11.6 Å². The summed E-state index contributed by atoms with van der Waals surface area (Å²) >= 11 is 0. The number of methoxy groups -OCH3 is 1. The molecule has 4 N–H and O–H groups in total. The quantitative estimate of drug-likeness (QED) is 0.354. The van der Waals surface area contributed by atoms with Crippen molar-refractivity contribution in [3.63, 3.8) is 0 Å². The third kappa shape index (κ3) is 3.61. The van der Waals surface area contributed by atoms with Gasteiger partial charge in [-0.3, -0.25) is 0 Å². The van der Waals surface area contributed by atoms with Gasteiger partial charge in [0.15, 0.2) is 0 Å². The minimum absolute atomic E-state index is 0.0464. The summed E-state index contributed by atoms with van der Waals surface area (Å²) in [5.41, 5.74) is 12.1. The molecule has 0 unspecified atom stereocenters. The lowest BCUT2D eigenvalue weighted by Crippen LogP contribution is -2.22. The van der Waals surface area contributed by atoms with E-state index in [1.165, 1.54) is 43.6 Å². The lowest BCUT2D eigenvalue weighted by molar-refractivity contribution is 0.414. The lowest BCUT2D eigenvalue weighted by atomic mass is 10.1. The third-order valence-corrected chi connectivity index (χ3v) is 6.55. The van der Waals surface area contributed by atoms with E-state index < -0.39 is 15.8 Å². The van der Waals surface area contributed by atoms with E-state index in [9.17, 15) is 12.8 Å². The fourth-order valence-corrected chi connectivity index (χ4v) is 4.62. The van der Waals surface area contributed by atoms with Crippen LogP contribution in [-0.2, 0) is 10.0 Å². The van der Waals surface area contributed by atoms with Gasteiger partial charge in [-0.15, -0.1) is 5.10 Å². The molecule has 0 radical (unpaired) electrons. The van der Waals surface area contributed by atoms with Crippen LogP contribution in [0.4, 0.5) is 4.39 Å². The zero-order valence-corrected chi connectivity index (χ0v) is 16.9. The summed E-state index contributed by atoms with van der Waals surface area (Å²) < 4.78 is 46.9. The molecule has 4 rings (SSSR count). The number of hydrogen-bond donors (Lipinski definition) is 2. The first-order valence-electron chi connectivity index (χ1n) is 9.18. The summed E-state index contributed by atoms with van der Waals surface area (Å²) in [4.78, 5) is 0.0464. The molecule has 0 atom stereocenters. The SMILES string of the molecule is COc1ccc(S(=O)(=O)n2cc(/C(=N\N=C(N)N)C3CC3)c3ccc(F)cc32)cc1. The van der Waals surface area contributed by atoms with Gasteiger partial charge in [-0.05, 0) is 55.3 Å². The maximum absolute atomic E-state index is 14.0. The largest absolute Gasteiger partial charge is 0.497 e. The molecule has 1 saturated carbocycles. The van der Waals surface area contributed by atoms with Crippen LogP contribution in [0.1, 0.15) is 18.4 Å². The fraction of sp³-hybridized carbons (Fsp3) is 0.200. The van der Waals surface area contributed by atoms with Gasteiger partial charge in [0.25, 0.3) is 10.0 Å². The van der Waals surface area contributed by atoms with E-state index in [-0.39, 0.29) is 22.3 Å². The standard InChI is InChI=1S/C20H20FN5O3S/c1-29-14-5-7-15(8-6-14)30(27,28)26-11-17(16-9-4-13(21)10-18(16)26)19(12-2-3-12)24-25-20(22)23/h4-12H,2-3H2,1H3,(H4,22,23,25)/b24-19-. The highest BCUT2D eigenvalue weighted by atomic mass is 32.2. The number of rotatable bonds is 6. The van der Waals surface area contributed by atoms with Crippen molar-refractivity contribution >= 4 is 32.6 Å². The number of nitrogens with two attached hydrogens (primary N) is 2. The lowest BCUT2D eigenvalue weighted by Gasteiger charge is -2.08. The molecule has 1 fully saturated rings. The second-order valence-electron chi connectivity index (χ2n) is 6.97. The molecule has 1 aliphatic rings. The molecule has 0 saturated heterocycles. The van der Waals surface area contributed by atoms with Crippen molar-refractivity contribution in [2.24, 2.45) is 27.6 Å². The van der Waals surface area contributed by atoms with Crippen LogP contribution in [0.5, 0.6) is 5.75 Å². The average Bonchev–Trinajstić information content (AvgIpc) is 3.49. The van der Waals surface area contributed by atoms with Crippen LogP contribution in [0.2, 0.25) is 0 Å². The highest BCUT2D eigenvalue weighted by molar-refractivity contribution is 7.90. The Hall–Kier alpha value is -3.40. The minimum atomic E-state index is -4.00. The van der Waals surface area contributed by atoms with Crippen LogP contribution in [0.15, 0.2) is 63.8 Å². The summed E-state index contributed by atoms with van der Waals surface area (Å²) in [6.07, 6.45) is 3.22. The highest BCUT2D eigenvalue weighted by Crippen LogP contribution is 2.37. The Bertz CT molecular complexity index is 1270. The number of nitrogens with zero attached hydrogens (tertiary/aromatic N) is 3. The zero-order valence-electron chi connectivity index (χ0n) is 16.1. The summed E-state index contributed by atoms with van der Waals surface area (Å²) in [6, 6.07) is 9.98. The molecular formula is C20H20FN5O3S. The minimum Gasteiger partial charge on any atom is -0.497 e. The van der Waals surface area contributed by atoms with Gasteiger partial charge in [0.2, 0.25) is 5.96 Å². The molecule has 10 heteroatoms. The molecule has 1 heterocycles. The predicted molar refractivity (Wildman–Crippen MR) is 113 cm³/mol. The van der Waals surface area contributed by atoms with Crippen LogP contribution >= 0.6 is 0 Å². The van der Waals surface area contributed by atoms with E-state index in [0.717, 1.165) is 16.8 Å². The van der Waals surface area contributed by atoms with E-state index in [1.807, 2.05) is 0 Å². The van der Waals surface area contributed by atoms with Gasteiger partial charge >= 0.3 is 0 Å². The average molecular weight is 429 g/mol. The topological polar surface area (TPSA) is 125 Å². The van der Waals surface area contributed by atoms with E-state index in [0.29, 0.717) is 22.4 Å². The fourth-order valence-electron chi connectivity index (χ4n) is 3.26. The molecule has 0 spiro atoms. The monoisotopic (exact) mass is 429 g/mol. The number of fused-ring (bicyclic) bond motifs is 1. The second kappa shape index (κ2) is 7.45. The smallest absolute Gasteiger partial charge is 0.268 e. The van der Waals surface area contributed by atoms with Crippen LogP contribution in [-0.4, -0.2) is 31.2 Å². The van der Waals surface area contributed by atoms with Gasteiger partial charge in [-0.2, -0.15) is 5.10 Å². The molecule has 1 aliphatic carbocycles. The van der Waals surface area contributed by atoms with E-state index in [4.69, 9.17) is 16.2 Å². The van der Waals surface area contributed by atoms with Gasteiger partial charge in [0, 0.05) is 23.1 Å². The van der Waals surface area contributed by atoms with E-state index in [2.05, 4.69) is 10.2 Å². The van der Waals surface area contributed by atoms with Crippen LogP contribution < -0.4 is 16.2 Å². The number of aromatic nitrogens is 1. The van der Waals surface area contributed by atoms with Crippen LogP contribution in [0, 0.1) is 11.7 Å². The van der Waals surface area contributed by atoms with E-state index >= 15 is 0 Å². The van der Waals surface area contributed by atoms with Crippen molar-refractivity contribution in [3.8, 4) is 5.75 Å². The molecule has 3 aromatic rings. The first-order chi connectivity index (χ1) is 14.3. The Labute approximate surface area is 172 Å². The molecule has 0 aliphatic heterocycles. The molecule has 1 aromatic heterocycles. The maximum Gasteiger partial charge on any atom is 0.268 e. The number of hydrogen-bond acceptors (Lipinski definition) is 5. The third-order valence-electron chi connectivity index (χ3n) is 4.86. The number of halogens is 1. The summed E-state index contributed by atoms with van der Waals surface area (Å²) in [7, 11) is -2.51. The van der Waals surface area contributed by atoms with Gasteiger partial charge < -0.3 is 16.2 Å². The first-order valence-corrected chi connectivity index (χ1v) is 10.6. The molecule has 0 amide bonds. The van der Waals surface area contributed by atoms with Crippen molar-refractivity contribution in [1.29, 1.82) is 0 Å². The van der Waals surface area contributed by atoms with Crippen molar-refractivity contribution in [3.05, 3.63) is 60.0 Å². The Morgan fingerprint density at radius 3 is 2.43 bits per heavy atom. The van der Waals surface area contributed by atoms with Crippen molar-refractivity contribution in [1.82, 2.24) is 3.97 Å². The summed E-state index contributed by atoms with van der Waals surface area (Å²) in [5, 5.41) is 8.45. The maximum atomic E-state index is 14.0. The second-order valence-corrected chi connectivity index (χ2v) is 8.78. The molecular weight excluding hydrogens is 409 g/mol. The number of guanidine groups is 1. The normalized spacial score (nSPS) is 14.7. The summed E-state index contributed by atoms with van der Waals surface area (Å²) in [5.74, 6) is -0.111. The predicted octanol–water partition coefficient (Wildman–Crippen LogP) is 2.41.